The summed E-state index contributed by atoms with van der Waals surface area (Å²) in [6, 6.07) is 7.80. The van der Waals surface area contributed by atoms with Crippen LogP contribution in [0.3, 0.4) is 0 Å². The Labute approximate surface area is 133 Å². The van der Waals surface area contributed by atoms with Crippen LogP contribution >= 0.6 is 11.6 Å². The van der Waals surface area contributed by atoms with Gasteiger partial charge in [0, 0.05) is 48.0 Å². The lowest BCUT2D eigenvalue weighted by Crippen LogP contribution is -2.37. The molecule has 0 aliphatic carbocycles. The fraction of sp³-hybridized carbons (Fsp3) is 0.647. The van der Waals surface area contributed by atoms with E-state index in [2.05, 4.69) is 41.2 Å². The van der Waals surface area contributed by atoms with Gasteiger partial charge in [-0.25, -0.2) is 0 Å². The minimum absolute atomic E-state index is 0.698. The molecule has 2 saturated heterocycles. The van der Waals surface area contributed by atoms with E-state index in [4.69, 9.17) is 11.6 Å². The smallest absolute Gasteiger partial charge is 0.0471 e. The molecule has 3 nitrogen and oxygen atoms in total. The van der Waals surface area contributed by atoms with Crippen LogP contribution in [0.4, 0.5) is 5.69 Å². The predicted octanol–water partition coefficient (Wildman–Crippen LogP) is 3.12. The topological polar surface area (TPSA) is 18.5 Å². The molecule has 3 rings (SSSR count). The first-order valence-electron chi connectivity index (χ1n) is 8.15. The second-order valence-corrected chi connectivity index (χ2v) is 6.71. The van der Waals surface area contributed by atoms with E-state index >= 15 is 0 Å². The van der Waals surface area contributed by atoms with Crippen molar-refractivity contribution in [3.8, 4) is 0 Å². The molecular formula is C17H26ClN3. The standard InChI is InChI=1S/C17H26ClN3/c1-3-19-11-15-16(18)5-4-6-17(15)21-10-9-13-7-8-14(12-21)20(13)2/h4-6,13-14,19H,3,7-12H2,1-2H3. The molecule has 2 bridgehead atoms. The van der Waals surface area contributed by atoms with E-state index in [9.17, 15) is 0 Å². The molecule has 0 radical (unpaired) electrons. The number of nitrogens with one attached hydrogen (secondary N) is 1. The van der Waals surface area contributed by atoms with Crippen molar-refractivity contribution in [1.29, 1.82) is 0 Å². The molecular weight excluding hydrogens is 282 g/mol. The molecule has 2 heterocycles. The Kier molecular flexibility index (Phi) is 4.72. The molecule has 0 spiro atoms. The highest BCUT2D eigenvalue weighted by Gasteiger charge is 2.35. The Morgan fingerprint density at radius 2 is 2.05 bits per heavy atom. The minimum Gasteiger partial charge on any atom is -0.370 e. The molecule has 1 aromatic rings. The quantitative estimate of drug-likeness (QED) is 0.922. The Balaban J connectivity index is 1.84. The van der Waals surface area contributed by atoms with Crippen LogP contribution in [-0.2, 0) is 6.54 Å². The maximum Gasteiger partial charge on any atom is 0.0471 e. The van der Waals surface area contributed by atoms with Crippen LogP contribution in [0, 0.1) is 0 Å². The van der Waals surface area contributed by atoms with Gasteiger partial charge in [0.2, 0.25) is 0 Å². The molecule has 2 aliphatic heterocycles. The second kappa shape index (κ2) is 6.55. The number of fused-ring (bicyclic) bond motifs is 2. The van der Waals surface area contributed by atoms with Crippen LogP contribution in [0.2, 0.25) is 5.02 Å². The Hall–Kier alpha value is -0.770. The van der Waals surface area contributed by atoms with Gasteiger partial charge in [-0.1, -0.05) is 24.6 Å². The van der Waals surface area contributed by atoms with E-state index in [-0.39, 0.29) is 0 Å². The maximum atomic E-state index is 6.46. The number of likely N-dealkylation sites (N-methyl/N-ethyl adjacent to an activating group) is 1. The van der Waals surface area contributed by atoms with Gasteiger partial charge < -0.3 is 10.2 Å². The van der Waals surface area contributed by atoms with Crippen LogP contribution in [0.25, 0.3) is 0 Å². The number of anilines is 1. The van der Waals surface area contributed by atoms with Crippen molar-refractivity contribution >= 4 is 17.3 Å². The first-order chi connectivity index (χ1) is 10.2. The highest BCUT2D eigenvalue weighted by molar-refractivity contribution is 6.31. The molecule has 0 aromatic heterocycles. The highest BCUT2D eigenvalue weighted by atomic mass is 35.5. The summed E-state index contributed by atoms with van der Waals surface area (Å²) >= 11 is 6.46. The largest absolute Gasteiger partial charge is 0.370 e. The monoisotopic (exact) mass is 307 g/mol. The number of nitrogens with zero attached hydrogens (tertiary/aromatic N) is 2. The summed E-state index contributed by atoms with van der Waals surface area (Å²) in [6.07, 6.45) is 3.97. The molecule has 2 atom stereocenters. The second-order valence-electron chi connectivity index (χ2n) is 6.30. The number of rotatable bonds is 4. The molecule has 2 fully saturated rings. The predicted molar refractivity (Wildman–Crippen MR) is 90.2 cm³/mol. The number of hydrogen-bond donors (Lipinski definition) is 1. The minimum atomic E-state index is 0.698. The summed E-state index contributed by atoms with van der Waals surface area (Å²) in [4.78, 5) is 5.15. The lowest BCUT2D eigenvalue weighted by Gasteiger charge is -2.30. The van der Waals surface area contributed by atoms with E-state index in [1.165, 1.54) is 30.5 Å². The van der Waals surface area contributed by atoms with Crippen molar-refractivity contribution in [2.24, 2.45) is 0 Å². The zero-order valence-electron chi connectivity index (χ0n) is 13.1. The highest BCUT2D eigenvalue weighted by Crippen LogP contribution is 2.34. The van der Waals surface area contributed by atoms with Gasteiger partial charge in [-0.2, -0.15) is 0 Å². The van der Waals surface area contributed by atoms with Crippen LogP contribution < -0.4 is 10.2 Å². The van der Waals surface area contributed by atoms with Crippen molar-refractivity contribution in [3.05, 3.63) is 28.8 Å². The summed E-state index contributed by atoms with van der Waals surface area (Å²) in [7, 11) is 2.29. The Morgan fingerprint density at radius 3 is 2.86 bits per heavy atom. The van der Waals surface area contributed by atoms with Crippen LogP contribution in [0.5, 0.6) is 0 Å². The Morgan fingerprint density at radius 1 is 1.24 bits per heavy atom. The lowest BCUT2D eigenvalue weighted by molar-refractivity contribution is 0.254. The molecule has 21 heavy (non-hydrogen) atoms. The fourth-order valence-corrected chi connectivity index (χ4v) is 4.03. The SMILES string of the molecule is CCNCc1c(Cl)cccc1N1CCC2CCC(C1)N2C. The Bertz CT molecular complexity index is 491. The molecule has 1 N–H and O–H groups in total. The lowest BCUT2D eigenvalue weighted by atomic mass is 10.1. The van der Waals surface area contributed by atoms with Crippen molar-refractivity contribution in [2.45, 2.75) is 44.8 Å². The first kappa shape index (κ1) is 15.1. The number of halogens is 1. The first-order valence-corrected chi connectivity index (χ1v) is 8.53. The molecule has 0 amide bonds. The average Bonchev–Trinajstić information content (AvgIpc) is 2.71. The molecule has 2 aliphatic rings. The average molecular weight is 308 g/mol. The van der Waals surface area contributed by atoms with Crippen LogP contribution in [0.1, 0.15) is 31.7 Å². The van der Waals surface area contributed by atoms with Gasteiger partial charge >= 0.3 is 0 Å². The van der Waals surface area contributed by atoms with E-state index in [1.807, 2.05) is 6.07 Å². The third-order valence-corrected chi connectivity index (χ3v) is 5.49. The van der Waals surface area contributed by atoms with Crippen molar-refractivity contribution in [2.75, 3.05) is 31.6 Å². The molecule has 0 saturated carbocycles. The van der Waals surface area contributed by atoms with Crippen molar-refractivity contribution in [1.82, 2.24) is 10.2 Å². The summed E-state index contributed by atoms with van der Waals surface area (Å²) in [5.74, 6) is 0. The normalized spacial score (nSPS) is 26.1. The molecule has 1 aromatic carbocycles. The zero-order chi connectivity index (χ0) is 14.8. The summed E-state index contributed by atoms with van der Waals surface area (Å²) in [5, 5.41) is 4.31. The molecule has 4 heteroatoms. The number of benzene rings is 1. The van der Waals surface area contributed by atoms with E-state index in [1.54, 1.807) is 0 Å². The fourth-order valence-electron chi connectivity index (χ4n) is 3.80. The van der Waals surface area contributed by atoms with Crippen molar-refractivity contribution < 1.29 is 0 Å². The molecule has 2 unspecified atom stereocenters. The van der Waals surface area contributed by atoms with Crippen LogP contribution in [-0.4, -0.2) is 43.7 Å². The zero-order valence-corrected chi connectivity index (χ0v) is 13.9. The maximum absolute atomic E-state index is 6.46. The van der Waals surface area contributed by atoms with Gasteiger partial charge in [-0.15, -0.1) is 0 Å². The van der Waals surface area contributed by atoms with Gasteiger partial charge in [0.25, 0.3) is 0 Å². The van der Waals surface area contributed by atoms with E-state index < -0.39 is 0 Å². The number of hydrogen-bond acceptors (Lipinski definition) is 3. The molecule has 116 valence electrons. The van der Waals surface area contributed by atoms with Gasteiger partial charge in [0.05, 0.1) is 0 Å². The van der Waals surface area contributed by atoms with Gasteiger partial charge in [-0.3, -0.25) is 4.90 Å². The summed E-state index contributed by atoms with van der Waals surface area (Å²) < 4.78 is 0. The van der Waals surface area contributed by atoms with Crippen LogP contribution in [0.15, 0.2) is 18.2 Å². The van der Waals surface area contributed by atoms with E-state index in [0.717, 1.165) is 37.2 Å². The van der Waals surface area contributed by atoms with Gasteiger partial charge in [0.15, 0.2) is 0 Å². The van der Waals surface area contributed by atoms with Gasteiger partial charge in [-0.05, 0) is 45.0 Å². The third-order valence-electron chi connectivity index (χ3n) is 5.14. The van der Waals surface area contributed by atoms with Gasteiger partial charge in [0.1, 0.15) is 0 Å². The van der Waals surface area contributed by atoms with Crippen molar-refractivity contribution in [3.63, 3.8) is 0 Å². The summed E-state index contributed by atoms with van der Waals surface area (Å²) in [5.41, 5.74) is 2.57. The third kappa shape index (κ3) is 3.05. The van der Waals surface area contributed by atoms with E-state index in [0.29, 0.717) is 6.04 Å². The summed E-state index contributed by atoms with van der Waals surface area (Å²) in [6.45, 7) is 6.23.